The predicted molar refractivity (Wildman–Crippen MR) is 52.0 cm³/mol. The fraction of sp³-hybridized carbons (Fsp3) is 0.875. The molecule has 0 aromatic heterocycles. The number of isothiocyanates is 1. The van der Waals surface area contributed by atoms with Gasteiger partial charge >= 0.3 is 0 Å². The van der Waals surface area contributed by atoms with Crippen molar-refractivity contribution in [2.45, 2.75) is 13.3 Å². The van der Waals surface area contributed by atoms with Crippen LogP contribution < -0.4 is 0 Å². The lowest BCUT2D eigenvalue weighted by Gasteiger charge is -2.28. The largest absolute Gasteiger partial charge is 0.327 e. The van der Waals surface area contributed by atoms with Crippen LogP contribution in [-0.2, 0) is 0 Å². The average molecular weight is 173 g/mol. The minimum atomic E-state index is 0.802. The second kappa shape index (κ2) is 5.42. The zero-order valence-electron chi connectivity index (χ0n) is 7.63. The summed E-state index contributed by atoms with van der Waals surface area (Å²) < 4.78 is 1.02. The van der Waals surface area contributed by atoms with Gasteiger partial charge in [-0.2, -0.15) is 0 Å². The Morgan fingerprint density at radius 1 is 1.36 bits per heavy atom. The summed E-state index contributed by atoms with van der Waals surface area (Å²) in [5.41, 5.74) is 0. The molecule has 0 radical (unpaired) electrons. The third-order valence-electron chi connectivity index (χ3n) is 1.71. The Labute approximate surface area is 74.5 Å². The van der Waals surface area contributed by atoms with Gasteiger partial charge in [-0.25, -0.2) is 4.99 Å². The van der Waals surface area contributed by atoms with Crippen molar-refractivity contribution in [2.24, 2.45) is 4.99 Å². The molecule has 0 rings (SSSR count). The Balaban J connectivity index is 3.62. The highest BCUT2D eigenvalue weighted by Crippen LogP contribution is 1.97. The van der Waals surface area contributed by atoms with Crippen molar-refractivity contribution in [1.82, 2.24) is 0 Å². The van der Waals surface area contributed by atoms with Crippen molar-refractivity contribution in [1.29, 1.82) is 0 Å². The molecule has 0 amide bonds. The first kappa shape index (κ1) is 10.8. The van der Waals surface area contributed by atoms with E-state index in [1.54, 1.807) is 0 Å². The number of hydrogen-bond acceptors (Lipinski definition) is 2. The Bertz CT molecular complexity index is 148. The van der Waals surface area contributed by atoms with Gasteiger partial charge in [0, 0.05) is 0 Å². The van der Waals surface area contributed by atoms with Gasteiger partial charge in [-0.3, -0.25) is 0 Å². The summed E-state index contributed by atoms with van der Waals surface area (Å²) in [6, 6.07) is 0. The minimum absolute atomic E-state index is 0.802. The molecule has 0 aliphatic carbocycles. The van der Waals surface area contributed by atoms with Crippen LogP contribution in [0.25, 0.3) is 0 Å². The van der Waals surface area contributed by atoms with Crippen molar-refractivity contribution >= 4 is 17.4 Å². The van der Waals surface area contributed by atoms with Crippen molar-refractivity contribution in [3.63, 3.8) is 0 Å². The summed E-state index contributed by atoms with van der Waals surface area (Å²) in [5, 5.41) is 2.38. The first-order valence-corrected chi connectivity index (χ1v) is 4.39. The van der Waals surface area contributed by atoms with E-state index in [2.05, 4.69) is 43.4 Å². The monoisotopic (exact) mass is 173 g/mol. The van der Waals surface area contributed by atoms with Gasteiger partial charge in [0.15, 0.2) is 0 Å². The van der Waals surface area contributed by atoms with E-state index in [9.17, 15) is 0 Å². The van der Waals surface area contributed by atoms with Crippen molar-refractivity contribution in [3.8, 4) is 0 Å². The molecule has 2 nitrogen and oxygen atoms in total. The van der Waals surface area contributed by atoms with Gasteiger partial charge in [0.05, 0.1) is 38.9 Å². The van der Waals surface area contributed by atoms with E-state index >= 15 is 0 Å². The molecule has 0 aliphatic rings. The van der Waals surface area contributed by atoms with Crippen LogP contribution in [0.3, 0.4) is 0 Å². The molecule has 0 aliphatic heterocycles. The molecule has 3 heteroatoms. The molecule has 0 atom stereocenters. The number of likely N-dealkylation sites (N-methyl/N-ethyl adjacent to an activating group) is 1. The van der Waals surface area contributed by atoms with Crippen LogP contribution in [0, 0.1) is 0 Å². The van der Waals surface area contributed by atoms with E-state index < -0.39 is 0 Å². The van der Waals surface area contributed by atoms with E-state index in [-0.39, 0.29) is 0 Å². The summed E-state index contributed by atoms with van der Waals surface area (Å²) in [5.74, 6) is 0. The number of nitrogens with zero attached hydrogens (tertiary/aromatic N) is 2. The Hall–Kier alpha value is -0.240. The van der Waals surface area contributed by atoms with Crippen LogP contribution in [0.4, 0.5) is 0 Å². The molecule has 0 aromatic rings. The third kappa shape index (κ3) is 6.17. The lowest BCUT2D eigenvalue weighted by molar-refractivity contribution is -0.888. The van der Waals surface area contributed by atoms with Crippen molar-refractivity contribution < 1.29 is 4.48 Å². The second-order valence-corrected chi connectivity index (χ2v) is 3.54. The minimum Gasteiger partial charge on any atom is -0.327 e. The maximum atomic E-state index is 4.48. The number of rotatable bonds is 5. The van der Waals surface area contributed by atoms with Gasteiger partial charge in [-0.05, 0) is 18.6 Å². The molecule has 11 heavy (non-hydrogen) atoms. The van der Waals surface area contributed by atoms with Crippen molar-refractivity contribution in [3.05, 3.63) is 0 Å². The van der Waals surface area contributed by atoms with Crippen LogP contribution in [-0.4, -0.2) is 43.4 Å². The fourth-order valence-corrected chi connectivity index (χ4v) is 1.17. The molecular formula is C8H17N2S+. The molecule has 0 aromatic carbocycles. The summed E-state index contributed by atoms with van der Waals surface area (Å²) in [6.45, 7) is 5.25. The van der Waals surface area contributed by atoms with Gasteiger partial charge in [-0.15, -0.1) is 0 Å². The first-order valence-electron chi connectivity index (χ1n) is 3.98. The lowest BCUT2D eigenvalue weighted by Crippen LogP contribution is -2.42. The molecule has 0 spiro atoms. The Morgan fingerprint density at radius 3 is 2.45 bits per heavy atom. The van der Waals surface area contributed by atoms with E-state index in [4.69, 9.17) is 0 Å². The normalized spacial score (nSPS) is 10.8. The summed E-state index contributed by atoms with van der Waals surface area (Å²) >= 11 is 4.48. The molecular weight excluding hydrogens is 156 g/mol. The summed E-state index contributed by atoms with van der Waals surface area (Å²) in [7, 11) is 4.42. The highest BCUT2D eigenvalue weighted by molar-refractivity contribution is 7.78. The topological polar surface area (TPSA) is 12.4 Å². The highest BCUT2D eigenvalue weighted by Gasteiger charge is 2.11. The first-order chi connectivity index (χ1) is 5.12. The summed E-state index contributed by atoms with van der Waals surface area (Å²) in [6.07, 6.45) is 1.22. The van der Waals surface area contributed by atoms with Crippen LogP contribution in [0.2, 0.25) is 0 Å². The third-order valence-corrected chi connectivity index (χ3v) is 1.84. The van der Waals surface area contributed by atoms with Gasteiger partial charge in [0.1, 0.15) is 0 Å². The molecule has 0 N–H and O–H groups in total. The van der Waals surface area contributed by atoms with Crippen molar-refractivity contribution in [2.75, 3.05) is 33.7 Å². The van der Waals surface area contributed by atoms with Gasteiger partial charge < -0.3 is 4.48 Å². The molecule has 0 bridgehead atoms. The zero-order chi connectivity index (χ0) is 8.74. The number of aliphatic imine (C=N–C) groups is 1. The highest BCUT2D eigenvalue weighted by atomic mass is 32.1. The number of thiocarbonyl (C=S) groups is 1. The van der Waals surface area contributed by atoms with Gasteiger partial charge in [0.25, 0.3) is 0 Å². The molecule has 0 saturated heterocycles. The van der Waals surface area contributed by atoms with Gasteiger partial charge in [-0.1, -0.05) is 6.92 Å². The number of hydrogen-bond donors (Lipinski definition) is 0. The molecule has 0 heterocycles. The Kier molecular flexibility index (Phi) is 5.30. The van der Waals surface area contributed by atoms with Crippen LogP contribution in [0.5, 0.6) is 0 Å². The molecule has 0 unspecified atom stereocenters. The van der Waals surface area contributed by atoms with E-state index in [1.807, 2.05) is 0 Å². The van der Waals surface area contributed by atoms with E-state index in [0.717, 1.165) is 17.6 Å². The predicted octanol–water partition coefficient (Wildman–Crippen LogP) is 1.58. The SMILES string of the molecule is CCC[N+](C)(C)CCN=C=S. The standard InChI is InChI=1S/C8H17N2S/c1-4-6-10(2,3)7-5-9-8-11/h4-7H2,1-3H3/q+1. The molecule has 0 saturated carbocycles. The zero-order valence-corrected chi connectivity index (χ0v) is 8.45. The van der Waals surface area contributed by atoms with E-state index in [0.29, 0.717) is 0 Å². The second-order valence-electron chi connectivity index (χ2n) is 3.36. The fourth-order valence-electron chi connectivity index (χ4n) is 1.08. The average Bonchev–Trinajstić information content (AvgIpc) is 1.87. The molecule has 64 valence electrons. The van der Waals surface area contributed by atoms with Crippen LogP contribution >= 0.6 is 12.2 Å². The smallest absolute Gasteiger partial charge is 0.0989 e. The quantitative estimate of drug-likeness (QED) is 0.349. The number of quaternary nitrogens is 1. The van der Waals surface area contributed by atoms with E-state index in [1.165, 1.54) is 13.0 Å². The maximum absolute atomic E-state index is 4.48. The van der Waals surface area contributed by atoms with Crippen LogP contribution in [0.1, 0.15) is 13.3 Å². The maximum Gasteiger partial charge on any atom is 0.0989 e. The van der Waals surface area contributed by atoms with Gasteiger partial charge in [0.2, 0.25) is 0 Å². The lowest BCUT2D eigenvalue weighted by atomic mass is 10.3. The Morgan fingerprint density at radius 2 is 2.00 bits per heavy atom. The van der Waals surface area contributed by atoms with Crippen LogP contribution in [0.15, 0.2) is 4.99 Å². The summed E-state index contributed by atoms with van der Waals surface area (Å²) in [4.78, 5) is 3.89. The molecule has 0 fully saturated rings.